The Morgan fingerprint density at radius 2 is 2.00 bits per heavy atom. The summed E-state index contributed by atoms with van der Waals surface area (Å²) >= 11 is 3.07. The van der Waals surface area contributed by atoms with Gasteiger partial charge in [-0.1, -0.05) is 22.0 Å². The van der Waals surface area contributed by atoms with E-state index in [1.807, 2.05) is 0 Å². The van der Waals surface area contributed by atoms with Crippen molar-refractivity contribution in [2.75, 3.05) is 4.72 Å². The predicted molar refractivity (Wildman–Crippen MR) is 73.9 cm³/mol. The van der Waals surface area contributed by atoms with E-state index in [4.69, 9.17) is 0 Å². The van der Waals surface area contributed by atoms with E-state index in [9.17, 15) is 12.8 Å². The molecule has 7 heteroatoms. The van der Waals surface area contributed by atoms with Crippen LogP contribution in [0.2, 0.25) is 0 Å². The minimum Gasteiger partial charge on any atom is -0.263 e. The second kappa shape index (κ2) is 5.26. The van der Waals surface area contributed by atoms with Crippen LogP contribution in [-0.4, -0.2) is 13.4 Å². The molecule has 0 fully saturated rings. The largest absolute Gasteiger partial charge is 0.265 e. The summed E-state index contributed by atoms with van der Waals surface area (Å²) in [4.78, 5) is 3.59. The van der Waals surface area contributed by atoms with Crippen molar-refractivity contribution in [2.24, 2.45) is 0 Å². The second-order valence-electron chi connectivity index (χ2n) is 3.84. The second-order valence-corrected chi connectivity index (χ2v) is 6.41. The van der Waals surface area contributed by atoms with Crippen molar-refractivity contribution in [3.63, 3.8) is 0 Å². The molecular formula is C12H10BrFN2O2S. The molecule has 0 aliphatic heterocycles. The van der Waals surface area contributed by atoms with Gasteiger partial charge in [0, 0.05) is 10.2 Å². The fourth-order valence-electron chi connectivity index (χ4n) is 1.49. The molecular weight excluding hydrogens is 335 g/mol. The molecule has 0 saturated heterocycles. The van der Waals surface area contributed by atoms with E-state index in [1.54, 1.807) is 19.1 Å². The van der Waals surface area contributed by atoms with E-state index in [-0.39, 0.29) is 5.82 Å². The first-order valence-corrected chi connectivity index (χ1v) is 7.57. The van der Waals surface area contributed by atoms with Gasteiger partial charge in [0.25, 0.3) is 10.0 Å². The van der Waals surface area contributed by atoms with Crippen LogP contribution in [0.15, 0.2) is 45.8 Å². The summed E-state index contributed by atoms with van der Waals surface area (Å²) in [5.41, 5.74) is 0.663. The number of nitrogens with one attached hydrogen (secondary N) is 1. The molecule has 0 atom stereocenters. The van der Waals surface area contributed by atoms with Crippen LogP contribution in [-0.2, 0) is 10.0 Å². The highest BCUT2D eigenvalue weighted by Gasteiger charge is 2.19. The molecule has 0 unspecified atom stereocenters. The minimum atomic E-state index is -3.99. The molecule has 0 aliphatic rings. The Labute approximate surface area is 118 Å². The number of pyridine rings is 1. The molecule has 0 amide bonds. The van der Waals surface area contributed by atoms with Crippen molar-refractivity contribution in [1.82, 2.24) is 4.98 Å². The van der Waals surface area contributed by atoms with Gasteiger partial charge in [0.2, 0.25) is 0 Å². The van der Waals surface area contributed by atoms with Gasteiger partial charge in [-0.3, -0.25) is 4.72 Å². The molecule has 0 bridgehead atoms. The molecule has 19 heavy (non-hydrogen) atoms. The van der Waals surface area contributed by atoms with Crippen LogP contribution in [0, 0.1) is 12.7 Å². The van der Waals surface area contributed by atoms with Crippen molar-refractivity contribution >= 4 is 31.8 Å². The molecule has 2 aromatic rings. The molecule has 0 saturated carbocycles. The smallest absolute Gasteiger partial charge is 0.263 e. The summed E-state index contributed by atoms with van der Waals surface area (Å²) < 4.78 is 40.4. The number of rotatable bonds is 3. The minimum absolute atomic E-state index is 0.155. The lowest BCUT2D eigenvalue weighted by Gasteiger charge is -2.08. The third kappa shape index (κ3) is 3.30. The third-order valence-corrected chi connectivity index (χ3v) is 4.19. The van der Waals surface area contributed by atoms with Crippen LogP contribution in [0.25, 0.3) is 0 Å². The topological polar surface area (TPSA) is 59.1 Å². The lowest BCUT2D eigenvalue weighted by atomic mass is 10.3. The van der Waals surface area contributed by atoms with E-state index in [1.165, 1.54) is 18.2 Å². The van der Waals surface area contributed by atoms with Gasteiger partial charge in [-0.15, -0.1) is 0 Å². The Morgan fingerprint density at radius 3 is 2.63 bits per heavy atom. The Morgan fingerprint density at radius 1 is 1.26 bits per heavy atom. The van der Waals surface area contributed by atoms with Crippen LogP contribution in [0.1, 0.15) is 5.69 Å². The zero-order chi connectivity index (χ0) is 14.0. The molecule has 0 aliphatic carbocycles. The Bertz CT molecular complexity index is 719. The van der Waals surface area contributed by atoms with Crippen molar-refractivity contribution < 1.29 is 12.8 Å². The molecule has 1 heterocycles. The maximum absolute atomic E-state index is 13.7. The summed E-state index contributed by atoms with van der Waals surface area (Å²) in [6.45, 7) is 1.73. The van der Waals surface area contributed by atoms with E-state index in [2.05, 4.69) is 25.6 Å². The van der Waals surface area contributed by atoms with E-state index in [0.29, 0.717) is 10.2 Å². The molecule has 0 radical (unpaired) electrons. The van der Waals surface area contributed by atoms with Gasteiger partial charge in [0.05, 0.1) is 0 Å². The van der Waals surface area contributed by atoms with Gasteiger partial charge >= 0.3 is 0 Å². The van der Waals surface area contributed by atoms with Crippen LogP contribution in [0.4, 0.5) is 10.2 Å². The molecule has 1 N–H and O–H groups in total. The number of sulfonamides is 1. The average molecular weight is 345 g/mol. The third-order valence-electron chi connectivity index (χ3n) is 2.31. The van der Waals surface area contributed by atoms with Crippen LogP contribution < -0.4 is 4.72 Å². The highest BCUT2D eigenvalue weighted by Crippen LogP contribution is 2.21. The SMILES string of the molecule is Cc1cccc(NS(=O)(=O)c2ccc(Br)cc2F)n1. The maximum atomic E-state index is 13.7. The number of benzene rings is 1. The van der Waals surface area contributed by atoms with Crippen LogP contribution in [0.5, 0.6) is 0 Å². The zero-order valence-electron chi connectivity index (χ0n) is 9.89. The Kier molecular flexibility index (Phi) is 3.86. The van der Waals surface area contributed by atoms with Gasteiger partial charge in [0.15, 0.2) is 0 Å². The number of hydrogen-bond donors (Lipinski definition) is 1. The Hall–Kier alpha value is -1.47. The van der Waals surface area contributed by atoms with Crippen LogP contribution >= 0.6 is 15.9 Å². The summed E-state index contributed by atoms with van der Waals surface area (Å²) in [6.07, 6.45) is 0. The summed E-state index contributed by atoms with van der Waals surface area (Å²) in [7, 11) is -3.99. The Balaban J connectivity index is 2.38. The van der Waals surface area contributed by atoms with Crippen molar-refractivity contribution in [2.45, 2.75) is 11.8 Å². The quantitative estimate of drug-likeness (QED) is 0.930. The fraction of sp³-hybridized carbons (Fsp3) is 0.0833. The van der Waals surface area contributed by atoms with Crippen molar-refractivity contribution in [3.8, 4) is 0 Å². The first-order chi connectivity index (χ1) is 8.88. The molecule has 2 rings (SSSR count). The standard InChI is InChI=1S/C12H10BrFN2O2S/c1-8-3-2-4-12(15-8)16-19(17,18)11-6-5-9(13)7-10(11)14/h2-7H,1H3,(H,15,16). The van der Waals surface area contributed by atoms with E-state index >= 15 is 0 Å². The number of nitrogens with zero attached hydrogens (tertiary/aromatic N) is 1. The molecule has 1 aromatic heterocycles. The number of aryl methyl sites for hydroxylation is 1. The first kappa shape index (κ1) is 14.0. The molecule has 1 aromatic carbocycles. The van der Waals surface area contributed by atoms with Gasteiger partial charge in [-0.2, -0.15) is 0 Å². The number of halogens is 2. The summed E-state index contributed by atoms with van der Waals surface area (Å²) in [5, 5.41) is 0. The monoisotopic (exact) mass is 344 g/mol. The van der Waals surface area contributed by atoms with Crippen molar-refractivity contribution in [1.29, 1.82) is 0 Å². The normalized spacial score (nSPS) is 11.3. The number of anilines is 1. The summed E-state index contributed by atoms with van der Waals surface area (Å²) in [5.74, 6) is -0.670. The van der Waals surface area contributed by atoms with Crippen LogP contribution in [0.3, 0.4) is 0 Å². The fourth-order valence-corrected chi connectivity index (χ4v) is 2.88. The highest BCUT2D eigenvalue weighted by atomic mass is 79.9. The first-order valence-electron chi connectivity index (χ1n) is 5.30. The summed E-state index contributed by atoms with van der Waals surface area (Å²) in [6, 6.07) is 8.65. The molecule has 100 valence electrons. The maximum Gasteiger partial charge on any atom is 0.265 e. The van der Waals surface area contributed by atoms with Gasteiger partial charge in [0.1, 0.15) is 16.5 Å². The number of hydrogen-bond acceptors (Lipinski definition) is 3. The van der Waals surface area contributed by atoms with Crippen molar-refractivity contribution in [3.05, 3.63) is 52.4 Å². The van der Waals surface area contributed by atoms with E-state index < -0.39 is 20.7 Å². The lowest BCUT2D eigenvalue weighted by molar-refractivity contribution is 0.569. The van der Waals surface area contributed by atoms with Gasteiger partial charge in [-0.05, 0) is 37.3 Å². The molecule has 0 spiro atoms. The van der Waals surface area contributed by atoms with Gasteiger partial charge < -0.3 is 0 Å². The molecule has 4 nitrogen and oxygen atoms in total. The zero-order valence-corrected chi connectivity index (χ0v) is 12.3. The predicted octanol–water partition coefficient (Wildman–Crippen LogP) is 3.09. The highest BCUT2D eigenvalue weighted by molar-refractivity contribution is 9.10. The lowest BCUT2D eigenvalue weighted by Crippen LogP contribution is -2.15. The van der Waals surface area contributed by atoms with E-state index in [0.717, 1.165) is 6.07 Å². The average Bonchev–Trinajstić information content (AvgIpc) is 2.27. The van der Waals surface area contributed by atoms with Gasteiger partial charge in [-0.25, -0.2) is 17.8 Å². The number of aromatic nitrogens is 1.